The van der Waals surface area contributed by atoms with Crippen molar-refractivity contribution in [1.82, 2.24) is 10.2 Å². The van der Waals surface area contributed by atoms with Crippen molar-refractivity contribution in [2.75, 3.05) is 26.2 Å². The molecule has 1 atom stereocenters. The van der Waals surface area contributed by atoms with Gasteiger partial charge in [0.2, 0.25) is 5.91 Å². The zero-order valence-electron chi connectivity index (χ0n) is 18.5. The Hall–Kier alpha value is -2.60. The van der Waals surface area contributed by atoms with E-state index in [0.29, 0.717) is 19.0 Å². The first-order chi connectivity index (χ1) is 14.3. The maximum absolute atomic E-state index is 13.1. The van der Waals surface area contributed by atoms with Crippen LogP contribution in [0.4, 0.5) is 0 Å². The average Bonchev–Trinajstić information content (AvgIpc) is 3.27. The van der Waals surface area contributed by atoms with Gasteiger partial charge in [-0.05, 0) is 29.5 Å². The van der Waals surface area contributed by atoms with Crippen molar-refractivity contribution >= 4 is 11.8 Å². The third-order valence-electron chi connectivity index (χ3n) is 5.85. The Labute approximate surface area is 179 Å². The Morgan fingerprint density at radius 3 is 2.27 bits per heavy atom. The molecule has 0 saturated carbocycles. The van der Waals surface area contributed by atoms with Gasteiger partial charge in [0.25, 0.3) is 5.91 Å². The van der Waals surface area contributed by atoms with Gasteiger partial charge in [0, 0.05) is 5.56 Å². The minimum absolute atomic E-state index is 0.00117. The lowest BCUT2D eigenvalue weighted by Gasteiger charge is -2.35. The van der Waals surface area contributed by atoms with Crippen LogP contribution in [-0.2, 0) is 11.3 Å². The SMILES string of the molecule is CC(C)c1ccc(C[NH+]2CCN(C(=O)[C@@H](NC(=O)c3ccco3)C(C)C)CC2)cc1. The van der Waals surface area contributed by atoms with E-state index in [0.717, 1.165) is 19.6 Å². The molecule has 2 aromatic rings. The van der Waals surface area contributed by atoms with Crippen molar-refractivity contribution < 1.29 is 18.9 Å². The van der Waals surface area contributed by atoms with E-state index in [-0.39, 0.29) is 23.5 Å². The topological polar surface area (TPSA) is 67.0 Å². The molecule has 6 nitrogen and oxygen atoms in total. The fourth-order valence-corrected chi connectivity index (χ4v) is 3.86. The second-order valence-corrected chi connectivity index (χ2v) is 8.82. The monoisotopic (exact) mass is 412 g/mol. The highest BCUT2D eigenvalue weighted by atomic mass is 16.3. The second-order valence-electron chi connectivity index (χ2n) is 8.82. The van der Waals surface area contributed by atoms with Crippen molar-refractivity contribution in [2.45, 2.75) is 46.2 Å². The van der Waals surface area contributed by atoms with Crippen molar-refractivity contribution in [3.63, 3.8) is 0 Å². The summed E-state index contributed by atoms with van der Waals surface area (Å²) < 4.78 is 5.15. The highest BCUT2D eigenvalue weighted by Gasteiger charge is 2.32. The number of hydrogen-bond donors (Lipinski definition) is 2. The Bertz CT molecular complexity index is 820. The van der Waals surface area contributed by atoms with Gasteiger partial charge < -0.3 is 19.5 Å². The van der Waals surface area contributed by atoms with Crippen molar-refractivity contribution in [3.05, 3.63) is 59.5 Å². The first-order valence-corrected chi connectivity index (χ1v) is 10.9. The van der Waals surface area contributed by atoms with Crippen molar-refractivity contribution in [2.24, 2.45) is 5.92 Å². The lowest BCUT2D eigenvalue weighted by atomic mass is 10.0. The summed E-state index contributed by atoms with van der Waals surface area (Å²) in [5.41, 5.74) is 2.69. The number of quaternary nitrogens is 1. The van der Waals surface area contributed by atoms with Crippen LogP contribution in [0.1, 0.15) is 55.3 Å². The quantitative estimate of drug-likeness (QED) is 0.732. The summed E-state index contributed by atoms with van der Waals surface area (Å²) in [6.45, 7) is 12.5. The summed E-state index contributed by atoms with van der Waals surface area (Å²) >= 11 is 0. The molecule has 3 rings (SSSR count). The predicted octanol–water partition coefficient (Wildman–Crippen LogP) is 2.08. The summed E-state index contributed by atoms with van der Waals surface area (Å²) in [6, 6.07) is 11.6. The molecule has 30 heavy (non-hydrogen) atoms. The number of furan rings is 1. The normalized spacial score (nSPS) is 16.1. The molecule has 1 aromatic carbocycles. The first kappa shape index (κ1) is 22.1. The largest absolute Gasteiger partial charge is 0.459 e. The summed E-state index contributed by atoms with van der Waals surface area (Å²) in [4.78, 5) is 28.8. The third kappa shape index (κ3) is 5.51. The molecule has 1 aromatic heterocycles. The summed E-state index contributed by atoms with van der Waals surface area (Å²) in [5.74, 6) is 0.419. The Morgan fingerprint density at radius 1 is 1.07 bits per heavy atom. The van der Waals surface area contributed by atoms with E-state index in [1.54, 1.807) is 12.1 Å². The minimum Gasteiger partial charge on any atom is -0.459 e. The molecule has 1 fully saturated rings. The van der Waals surface area contributed by atoms with E-state index in [2.05, 4.69) is 43.4 Å². The molecule has 1 saturated heterocycles. The molecule has 2 amide bonds. The molecule has 0 unspecified atom stereocenters. The number of carbonyl (C=O) groups is 2. The molecule has 2 N–H and O–H groups in total. The van der Waals surface area contributed by atoms with E-state index in [9.17, 15) is 9.59 Å². The predicted molar refractivity (Wildman–Crippen MR) is 116 cm³/mol. The average molecular weight is 413 g/mol. The standard InChI is InChI=1S/C24H33N3O3/c1-17(2)20-9-7-19(8-10-20)16-26-11-13-27(14-12-26)24(29)22(18(3)4)25-23(28)21-6-5-15-30-21/h5-10,15,17-18,22H,11-14,16H2,1-4H3,(H,25,28)/p+1/t22-/m0/s1. The fraction of sp³-hybridized carbons (Fsp3) is 0.500. The molecular weight excluding hydrogens is 378 g/mol. The van der Waals surface area contributed by atoms with Gasteiger partial charge in [-0.2, -0.15) is 0 Å². The van der Waals surface area contributed by atoms with Gasteiger partial charge in [-0.15, -0.1) is 0 Å². The number of piperazine rings is 1. The molecule has 0 spiro atoms. The van der Waals surface area contributed by atoms with Crippen LogP contribution in [-0.4, -0.2) is 48.9 Å². The lowest BCUT2D eigenvalue weighted by Crippen LogP contribution is -3.13. The van der Waals surface area contributed by atoms with Crippen LogP contribution in [0.25, 0.3) is 0 Å². The van der Waals surface area contributed by atoms with Crippen LogP contribution < -0.4 is 10.2 Å². The number of hydrogen-bond acceptors (Lipinski definition) is 3. The molecular formula is C24H34N3O3+. The van der Waals surface area contributed by atoms with E-state index in [1.165, 1.54) is 22.3 Å². The number of carbonyl (C=O) groups excluding carboxylic acids is 2. The molecule has 2 heterocycles. The number of benzene rings is 1. The van der Waals surface area contributed by atoms with Crippen LogP contribution in [0, 0.1) is 5.92 Å². The Balaban J connectivity index is 1.53. The smallest absolute Gasteiger partial charge is 0.287 e. The van der Waals surface area contributed by atoms with Crippen LogP contribution in [0.3, 0.4) is 0 Å². The maximum atomic E-state index is 13.1. The van der Waals surface area contributed by atoms with Gasteiger partial charge in [-0.1, -0.05) is 52.0 Å². The van der Waals surface area contributed by atoms with Gasteiger partial charge in [0.05, 0.1) is 32.4 Å². The lowest BCUT2D eigenvalue weighted by molar-refractivity contribution is -0.917. The van der Waals surface area contributed by atoms with Crippen LogP contribution in [0.15, 0.2) is 47.1 Å². The van der Waals surface area contributed by atoms with E-state index < -0.39 is 6.04 Å². The highest BCUT2D eigenvalue weighted by molar-refractivity contribution is 5.95. The van der Waals surface area contributed by atoms with Crippen LogP contribution in [0.2, 0.25) is 0 Å². The minimum atomic E-state index is -0.548. The summed E-state index contributed by atoms with van der Waals surface area (Å²) in [7, 11) is 0. The van der Waals surface area contributed by atoms with Gasteiger partial charge in [0.15, 0.2) is 5.76 Å². The van der Waals surface area contributed by atoms with Crippen molar-refractivity contribution in [1.29, 1.82) is 0 Å². The van der Waals surface area contributed by atoms with Crippen molar-refractivity contribution in [3.8, 4) is 0 Å². The highest BCUT2D eigenvalue weighted by Crippen LogP contribution is 2.14. The zero-order chi connectivity index (χ0) is 21.7. The van der Waals surface area contributed by atoms with E-state index in [1.807, 2.05) is 18.7 Å². The Kier molecular flexibility index (Phi) is 7.32. The summed E-state index contributed by atoms with van der Waals surface area (Å²) in [5, 5.41) is 2.85. The number of nitrogens with zero attached hydrogens (tertiary/aromatic N) is 1. The van der Waals surface area contributed by atoms with Gasteiger partial charge >= 0.3 is 0 Å². The van der Waals surface area contributed by atoms with Gasteiger partial charge in [-0.25, -0.2) is 0 Å². The molecule has 1 aliphatic rings. The van der Waals surface area contributed by atoms with E-state index in [4.69, 9.17) is 4.42 Å². The van der Waals surface area contributed by atoms with E-state index >= 15 is 0 Å². The molecule has 6 heteroatoms. The van der Waals surface area contributed by atoms with Crippen LogP contribution >= 0.6 is 0 Å². The first-order valence-electron chi connectivity index (χ1n) is 10.9. The number of nitrogens with one attached hydrogen (secondary N) is 2. The van der Waals surface area contributed by atoms with Gasteiger partial charge in [-0.3, -0.25) is 9.59 Å². The molecule has 0 bridgehead atoms. The number of amides is 2. The Morgan fingerprint density at radius 2 is 1.73 bits per heavy atom. The zero-order valence-corrected chi connectivity index (χ0v) is 18.5. The molecule has 0 aliphatic carbocycles. The third-order valence-corrected chi connectivity index (χ3v) is 5.85. The molecule has 0 radical (unpaired) electrons. The number of rotatable bonds is 7. The fourth-order valence-electron chi connectivity index (χ4n) is 3.86. The molecule has 162 valence electrons. The molecule has 1 aliphatic heterocycles. The van der Waals surface area contributed by atoms with Gasteiger partial charge in [0.1, 0.15) is 12.6 Å². The van der Waals surface area contributed by atoms with Crippen LogP contribution in [0.5, 0.6) is 0 Å². The second kappa shape index (κ2) is 9.94. The maximum Gasteiger partial charge on any atom is 0.287 e. The summed E-state index contributed by atoms with van der Waals surface area (Å²) in [6.07, 6.45) is 1.46.